The Bertz CT molecular complexity index is 685. The number of cyclic esters (lactones) is 1. The molecule has 0 aromatic heterocycles. The van der Waals surface area contributed by atoms with Crippen LogP contribution in [0.2, 0.25) is 0 Å². The third-order valence-corrected chi connectivity index (χ3v) is 5.94. The molecule has 0 spiro atoms. The van der Waals surface area contributed by atoms with E-state index >= 15 is 0 Å². The molecule has 1 N–H and O–H groups in total. The third-order valence-electron chi connectivity index (χ3n) is 5.38. The first-order chi connectivity index (χ1) is 12.9. The van der Waals surface area contributed by atoms with E-state index in [4.69, 9.17) is 9.47 Å². The van der Waals surface area contributed by atoms with Gasteiger partial charge in [0.2, 0.25) is 0 Å². The van der Waals surface area contributed by atoms with Gasteiger partial charge in [-0.15, -0.1) is 0 Å². The van der Waals surface area contributed by atoms with Gasteiger partial charge in [0.15, 0.2) is 5.60 Å². The van der Waals surface area contributed by atoms with Crippen LogP contribution in [0.25, 0.3) is 0 Å². The summed E-state index contributed by atoms with van der Waals surface area (Å²) in [5.74, 6) is -1.52. The fraction of sp³-hybridized carbons (Fsp3) is 0.750. The highest BCUT2D eigenvalue weighted by Crippen LogP contribution is 2.46. The molecule has 1 amide bonds. The second-order valence-corrected chi connectivity index (χ2v) is 9.59. The van der Waals surface area contributed by atoms with E-state index in [-0.39, 0.29) is 6.42 Å². The number of ether oxygens (including phenoxy) is 2. The molecule has 2 aliphatic heterocycles. The van der Waals surface area contributed by atoms with Crippen LogP contribution in [0.1, 0.15) is 66.7 Å². The van der Waals surface area contributed by atoms with Crippen LogP contribution >= 0.6 is 15.9 Å². The van der Waals surface area contributed by atoms with Crippen molar-refractivity contribution in [3.05, 3.63) is 11.6 Å². The number of likely N-dealkylation sites (tertiary alicyclic amines) is 1. The second-order valence-electron chi connectivity index (χ2n) is 8.80. The van der Waals surface area contributed by atoms with Crippen LogP contribution in [0.5, 0.6) is 0 Å². The molecule has 0 bridgehead atoms. The van der Waals surface area contributed by atoms with Crippen LogP contribution in [0.4, 0.5) is 4.79 Å². The average molecular weight is 460 g/mol. The third kappa shape index (κ3) is 4.36. The maximum atomic E-state index is 13.1. The van der Waals surface area contributed by atoms with Gasteiger partial charge < -0.3 is 14.6 Å². The molecule has 0 aliphatic carbocycles. The summed E-state index contributed by atoms with van der Waals surface area (Å²) in [6.45, 7) is 8.41. The van der Waals surface area contributed by atoms with Crippen LogP contribution in [0.15, 0.2) is 11.6 Å². The van der Waals surface area contributed by atoms with E-state index in [2.05, 4.69) is 15.9 Å². The highest BCUT2D eigenvalue weighted by atomic mass is 79.9. The molecular weight excluding hydrogens is 430 g/mol. The monoisotopic (exact) mass is 459 g/mol. The first-order valence-corrected chi connectivity index (χ1v) is 10.7. The van der Waals surface area contributed by atoms with Crippen molar-refractivity contribution in [2.45, 2.75) is 89.5 Å². The summed E-state index contributed by atoms with van der Waals surface area (Å²) in [5.41, 5.74) is -2.75. The quantitative estimate of drug-likeness (QED) is 0.366. The van der Waals surface area contributed by atoms with E-state index in [0.717, 1.165) is 18.2 Å². The molecule has 1 saturated heterocycles. The molecular formula is C20H30BrNO6. The van der Waals surface area contributed by atoms with Crippen molar-refractivity contribution in [2.24, 2.45) is 0 Å². The largest absolute Gasteiger partial charge is 0.480 e. The molecule has 8 heteroatoms. The van der Waals surface area contributed by atoms with Crippen LogP contribution in [0, 0.1) is 0 Å². The molecule has 158 valence electrons. The number of carboxylic acid groups (broad SMARTS) is 1. The minimum absolute atomic E-state index is 0.261. The van der Waals surface area contributed by atoms with Gasteiger partial charge in [-0.05, 0) is 72.8 Å². The summed E-state index contributed by atoms with van der Waals surface area (Å²) in [6.07, 6.45) is 3.89. The summed E-state index contributed by atoms with van der Waals surface area (Å²) in [7, 11) is 0. The molecule has 1 fully saturated rings. The number of alkyl halides is 1. The van der Waals surface area contributed by atoms with Crippen molar-refractivity contribution in [2.75, 3.05) is 5.33 Å². The van der Waals surface area contributed by atoms with Crippen LogP contribution in [0.3, 0.4) is 0 Å². The van der Waals surface area contributed by atoms with Gasteiger partial charge >= 0.3 is 18.0 Å². The fourth-order valence-electron chi connectivity index (χ4n) is 3.98. The number of rotatable bonds is 6. The number of hydrogen-bond acceptors (Lipinski definition) is 5. The number of esters is 1. The Morgan fingerprint density at radius 1 is 1.39 bits per heavy atom. The van der Waals surface area contributed by atoms with Gasteiger partial charge in [0.1, 0.15) is 11.1 Å². The van der Waals surface area contributed by atoms with Gasteiger partial charge in [-0.25, -0.2) is 14.4 Å². The number of unbranched alkanes of at least 4 members (excludes halogenated alkanes) is 1. The number of carboxylic acids is 1. The molecule has 0 aromatic carbocycles. The van der Waals surface area contributed by atoms with Gasteiger partial charge in [0.25, 0.3) is 0 Å². The van der Waals surface area contributed by atoms with Crippen molar-refractivity contribution in [3.8, 4) is 0 Å². The Labute approximate surface area is 174 Å². The molecule has 7 nitrogen and oxygen atoms in total. The summed E-state index contributed by atoms with van der Waals surface area (Å²) in [6, 6.07) is -0.597. The normalized spacial score (nSPS) is 30.2. The Hall–Kier alpha value is -1.57. The van der Waals surface area contributed by atoms with Crippen molar-refractivity contribution in [1.82, 2.24) is 4.90 Å². The predicted molar refractivity (Wildman–Crippen MR) is 107 cm³/mol. The molecule has 0 radical (unpaired) electrons. The van der Waals surface area contributed by atoms with Crippen molar-refractivity contribution >= 4 is 34.0 Å². The van der Waals surface area contributed by atoms with Crippen molar-refractivity contribution in [3.63, 3.8) is 0 Å². The highest BCUT2D eigenvalue weighted by Gasteiger charge is 2.60. The first kappa shape index (κ1) is 22.7. The van der Waals surface area contributed by atoms with Gasteiger partial charge in [-0.2, -0.15) is 0 Å². The van der Waals surface area contributed by atoms with E-state index in [1.165, 1.54) is 11.8 Å². The molecule has 2 rings (SSSR count). The lowest BCUT2D eigenvalue weighted by molar-refractivity contribution is -0.157. The van der Waals surface area contributed by atoms with Gasteiger partial charge in [0, 0.05) is 10.9 Å². The minimum atomic E-state index is -1.42. The number of carbonyl (C=O) groups excluding carboxylic acids is 2. The number of amides is 1. The zero-order valence-electron chi connectivity index (χ0n) is 17.2. The minimum Gasteiger partial charge on any atom is -0.480 e. The van der Waals surface area contributed by atoms with Gasteiger partial charge in [0.05, 0.1) is 6.04 Å². The lowest BCUT2D eigenvalue weighted by Crippen LogP contribution is -2.60. The summed E-state index contributed by atoms with van der Waals surface area (Å²) < 4.78 is 11.3. The van der Waals surface area contributed by atoms with E-state index < -0.39 is 40.8 Å². The fourth-order valence-corrected chi connectivity index (χ4v) is 4.38. The van der Waals surface area contributed by atoms with Gasteiger partial charge in [-0.1, -0.05) is 15.9 Å². The number of halogens is 1. The number of nitrogens with zero attached hydrogens (tertiary/aromatic N) is 1. The molecule has 2 heterocycles. The van der Waals surface area contributed by atoms with Crippen molar-refractivity contribution in [1.29, 1.82) is 0 Å². The summed E-state index contributed by atoms with van der Waals surface area (Å²) in [4.78, 5) is 38.7. The Kier molecular flexibility index (Phi) is 6.53. The second kappa shape index (κ2) is 8.05. The molecule has 0 saturated carbocycles. The Morgan fingerprint density at radius 3 is 2.50 bits per heavy atom. The standard InChI is InChI=1S/C20H30BrNO6/c1-13-12-20(27-15(13)23,9-6-7-11-21)14-8-10-19(5,16(24)25)22(14)17(26)28-18(2,3)4/h12,14H,6-11H2,1-5H3,(H,24,25)/t14-,19-,20-/m0/s1. The van der Waals surface area contributed by atoms with Crippen molar-refractivity contribution < 1.29 is 29.0 Å². The molecule has 0 aromatic rings. The van der Waals surface area contributed by atoms with E-state index in [9.17, 15) is 19.5 Å². The molecule has 28 heavy (non-hydrogen) atoms. The van der Waals surface area contributed by atoms with Crippen LogP contribution in [-0.2, 0) is 19.1 Å². The van der Waals surface area contributed by atoms with E-state index in [0.29, 0.717) is 18.4 Å². The Morgan fingerprint density at radius 2 is 2.04 bits per heavy atom. The Balaban J connectivity index is 2.47. The van der Waals surface area contributed by atoms with E-state index in [1.807, 2.05) is 0 Å². The smallest absolute Gasteiger partial charge is 0.411 e. The number of hydrogen-bond donors (Lipinski definition) is 1. The predicted octanol–water partition coefficient (Wildman–Crippen LogP) is 4.04. The summed E-state index contributed by atoms with van der Waals surface area (Å²) >= 11 is 3.40. The number of aliphatic carboxylic acids is 1. The van der Waals surface area contributed by atoms with Crippen LogP contribution in [-0.4, -0.2) is 56.2 Å². The first-order valence-electron chi connectivity index (χ1n) is 9.61. The SMILES string of the molecule is CC1=C[C@@](CCCCBr)([C@@H]2CC[C@@](C)(C(=O)O)N2C(=O)OC(C)(C)C)OC1=O. The molecule has 2 aliphatic rings. The molecule has 0 unspecified atom stereocenters. The maximum absolute atomic E-state index is 13.1. The van der Waals surface area contributed by atoms with E-state index in [1.54, 1.807) is 33.8 Å². The average Bonchev–Trinajstić information content (AvgIpc) is 3.06. The van der Waals surface area contributed by atoms with Crippen LogP contribution < -0.4 is 0 Å². The zero-order valence-corrected chi connectivity index (χ0v) is 18.8. The topological polar surface area (TPSA) is 93.1 Å². The lowest BCUT2D eigenvalue weighted by Gasteiger charge is -2.42. The zero-order chi connectivity index (χ0) is 21.3. The maximum Gasteiger partial charge on any atom is 0.411 e. The molecule has 3 atom stereocenters. The highest BCUT2D eigenvalue weighted by molar-refractivity contribution is 9.09. The number of carbonyl (C=O) groups is 3. The lowest BCUT2D eigenvalue weighted by atomic mass is 9.86. The van der Waals surface area contributed by atoms with Gasteiger partial charge in [-0.3, -0.25) is 4.90 Å². The summed E-state index contributed by atoms with van der Waals surface area (Å²) in [5, 5.41) is 10.7.